The number of nitrogens with two attached hydrogens (primary N) is 1. The van der Waals surface area contributed by atoms with Gasteiger partial charge in [-0.15, -0.1) is 0 Å². The Morgan fingerprint density at radius 1 is 1.18 bits per heavy atom. The fourth-order valence-corrected chi connectivity index (χ4v) is 3.76. The first-order valence-corrected chi connectivity index (χ1v) is 9.37. The third kappa shape index (κ3) is 3.11. The Bertz CT molecular complexity index is 987. The third-order valence-electron chi connectivity index (χ3n) is 5.34. The minimum atomic E-state index is -1.12. The molecule has 2 aliphatic heterocycles. The quantitative estimate of drug-likeness (QED) is 0.602. The minimum absolute atomic E-state index is 0.596. The standard InChI is InChI=1S/C21H25BN4O2/c1-13-10-15(11-17-18(13)22(27)28-20(17,3)4)21(23)24-12-14(2)19(26-21)25-16-8-6-5-7-9-16/h5-12,24,27H,23H2,1-4H3,(H,25,26). The normalized spacial score (nSPS) is 22.9. The van der Waals surface area contributed by atoms with E-state index in [0.717, 1.165) is 33.4 Å². The van der Waals surface area contributed by atoms with Gasteiger partial charge in [-0.3, -0.25) is 5.73 Å². The molecule has 0 amide bonds. The van der Waals surface area contributed by atoms with Crippen molar-refractivity contribution in [3.05, 3.63) is 70.9 Å². The molecule has 0 radical (unpaired) electrons. The fourth-order valence-electron chi connectivity index (χ4n) is 3.76. The monoisotopic (exact) mass is 376 g/mol. The summed E-state index contributed by atoms with van der Waals surface area (Å²) in [6, 6.07) is 13.8. The van der Waals surface area contributed by atoms with Crippen molar-refractivity contribution < 1.29 is 9.68 Å². The Morgan fingerprint density at radius 2 is 1.89 bits per heavy atom. The third-order valence-corrected chi connectivity index (χ3v) is 5.34. The van der Waals surface area contributed by atoms with E-state index in [-0.39, 0.29) is 0 Å². The number of rotatable bonds is 2. The number of benzene rings is 2. The number of para-hydroxylation sites is 1. The lowest BCUT2D eigenvalue weighted by atomic mass is 9.74. The van der Waals surface area contributed by atoms with Gasteiger partial charge in [0.2, 0.25) is 5.79 Å². The number of nitrogens with one attached hydrogen (secondary N) is 2. The van der Waals surface area contributed by atoms with Gasteiger partial charge < -0.3 is 20.3 Å². The fraction of sp³-hybridized carbons (Fsp3) is 0.286. The summed E-state index contributed by atoms with van der Waals surface area (Å²) in [5, 5.41) is 16.9. The molecular formula is C21H25BN4O2. The highest BCUT2D eigenvalue weighted by atomic mass is 16.5. The Labute approximate surface area is 165 Å². The van der Waals surface area contributed by atoms with Crippen LogP contribution in [0.3, 0.4) is 0 Å². The molecule has 1 atom stereocenters. The van der Waals surface area contributed by atoms with Crippen molar-refractivity contribution >= 4 is 24.1 Å². The number of amidine groups is 1. The largest absolute Gasteiger partial charge is 0.492 e. The van der Waals surface area contributed by atoms with Gasteiger partial charge >= 0.3 is 7.12 Å². The van der Waals surface area contributed by atoms with E-state index >= 15 is 0 Å². The summed E-state index contributed by atoms with van der Waals surface area (Å²) in [4.78, 5) is 4.79. The number of nitrogens with zero attached hydrogens (tertiary/aromatic N) is 1. The van der Waals surface area contributed by atoms with Gasteiger partial charge in [0, 0.05) is 23.0 Å². The lowest BCUT2D eigenvalue weighted by molar-refractivity contribution is 0.101. The van der Waals surface area contributed by atoms with Crippen molar-refractivity contribution in [3.8, 4) is 0 Å². The summed E-state index contributed by atoms with van der Waals surface area (Å²) in [7, 11) is -0.923. The highest BCUT2D eigenvalue weighted by molar-refractivity contribution is 6.62. The highest BCUT2D eigenvalue weighted by Crippen LogP contribution is 2.34. The molecule has 4 rings (SSSR count). The minimum Gasteiger partial charge on any atom is -0.423 e. The van der Waals surface area contributed by atoms with Gasteiger partial charge in [-0.05, 0) is 56.9 Å². The Morgan fingerprint density at radius 3 is 2.61 bits per heavy atom. The summed E-state index contributed by atoms with van der Waals surface area (Å²) in [6.45, 7) is 7.82. The summed E-state index contributed by atoms with van der Waals surface area (Å²) in [6.07, 6.45) is 1.87. The zero-order chi connectivity index (χ0) is 20.1. The molecule has 2 aromatic rings. The van der Waals surface area contributed by atoms with Gasteiger partial charge in [0.15, 0.2) is 0 Å². The molecule has 1 unspecified atom stereocenters. The van der Waals surface area contributed by atoms with Gasteiger partial charge in [-0.25, -0.2) is 4.99 Å². The number of aryl methyl sites for hydroxylation is 1. The molecule has 0 saturated carbocycles. The number of hydrogen-bond donors (Lipinski definition) is 4. The van der Waals surface area contributed by atoms with Crippen LogP contribution >= 0.6 is 0 Å². The molecule has 0 aliphatic carbocycles. The molecule has 2 heterocycles. The molecule has 0 fully saturated rings. The molecule has 2 aliphatic rings. The SMILES string of the molecule is CC1=CNC(N)(c2cc(C)c3c(c2)C(C)(C)OB3O)N=C1Nc1ccccc1. The number of fused-ring (bicyclic) bond motifs is 1. The van der Waals surface area contributed by atoms with Crippen molar-refractivity contribution in [3.63, 3.8) is 0 Å². The van der Waals surface area contributed by atoms with Crippen molar-refractivity contribution in [2.24, 2.45) is 10.7 Å². The van der Waals surface area contributed by atoms with Gasteiger partial charge in [0.1, 0.15) is 5.84 Å². The van der Waals surface area contributed by atoms with E-state index in [2.05, 4.69) is 10.6 Å². The smallest absolute Gasteiger partial charge is 0.423 e. The van der Waals surface area contributed by atoms with Crippen LogP contribution < -0.4 is 21.8 Å². The molecule has 28 heavy (non-hydrogen) atoms. The lowest BCUT2D eigenvalue weighted by Gasteiger charge is -2.33. The van der Waals surface area contributed by atoms with E-state index in [1.807, 2.05) is 76.4 Å². The van der Waals surface area contributed by atoms with Gasteiger partial charge in [0.05, 0.1) is 5.60 Å². The molecular weight excluding hydrogens is 351 g/mol. The first-order valence-electron chi connectivity index (χ1n) is 9.37. The van der Waals surface area contributed by atoms with E-state index in [1.165, 1.54) is 0 Å². The van der Waals surface area contributed by atoms with Crippen LogP contribution in [0.4, 0.5) is 5.69 Å². The zero-order valence-electron chi connectivity index (χ0n) is 16.6. The van der Waals surface area contributed by atoms with Crippen LogP contribution in [0, 0.1) is 6.92 Å². The van der Waals surface area contributed by atoms with Crippen LogP contribution in [0.5, 0.6) is 0 Å². The molecule has 6 nitrogen and oxygen atoms in total. The van der Waals surface area contributed by atoms with Gasteiger partial charge in [-0.1, -0.05) is 29.8 Å². The molecule has 0 saturated heterocycles. The van der Waals surface area contributed by atoms with Gasteiger partial charge in [0.25, 0.3) is 0 Å². The van der Waals surface area contributed by atoms with Crippen LogP contribution in [0.15, 0.2) is 59.2 Å². The van der Waals surface area contributed by atoms with E-state index < -0.39 is 18.5 Å². The Kier molecular flexibility index (Phi) is 4.34. The molecule has 0 bridgehead atoms. The predicted molar refractivity (Wildman–Crippen MR) is 113 cm³/mol. The second-order valence-corrected chi connectivity index (χ2v) is 7.92. The molecule has 0 spiro atoms. The first-order chi connectivity index (χ1) is 13.2. The molecule has 144 valence electrons. The maximum Gasteiger partial charge on any atom is 0.492 e. The van der Waals surface area contributed by atoms with E-state index in [4.69, 9.17) is 15.4 Å². The molecule has 2 aromatic carbocycles. The topological polar surface area (TPSA) is 91.9 Å². The maximum absolute atomic E-state index is 10.3. The van der Waals surface area contributed by atoms with Crippen LogP contribution in [0.2, 0.25) is 0 Å². The number of anilines is 1. The van der Waals surface area contributed by atoms with E-state index in [9.17, 15) is 5.02 Å². The van der Waals surface area contributed by atoms with Crippen molar-refractivity contribution in [2.75, 3.05) is 5.32 Å². The first kappa shape index (κ1) is 18.7. The van der Waals surface area contributed by atoms with E-state index in [1.54, 1.807) is 0 Å². The summed E-state index contributed by atoms with van der Waals surface area (Å²) in [5.41, 5.74) is 11.5. The average Bonchev–Trinajstić information content (AvgIpc) is 2.88. The summed E-state index contributed by atoms with van der Waals surface area (Å²) < 4.78 is 5.73. The highest BCUT2D eigenvalue weighted by Gasteiger charge is 2.43. The lowest BCUT2D eigenvalue weighted by Crippen LogP contribution is -2.50. The molecule has 0 aromatic heterocycles. The Hall–Kier alpha value is -2.61. The van der Waals surface area contributed by atoms with Crippen LogP contribution in [-0.4, -0.2) is 18.0 Å². The Balaban J connectivity index is 1.76. The molecule has 7 heteroatoms. The van der Waals surface area contributed by atoms with E-state index in [0.29, 0.717) is 5.84 Å². The maximum atomic E-state index is 10.3. The number of aliphatic imine (C=N–C) groups is 1. The second kappa shape index (κ2) is 6.48. The van der Waals surface area contributed by atoms with Crippen LogP contribution in [0.25, 0.3) is 0 Å². The number of hydrogen-bond acceptors (Lipinski definition) is 6. The van der Waals surface area contributed by atoms with Crippen molar-refractivity contribution in [2.45, 2.75) is 39.1 Å². The second-order valence-electron chi connectivity index (χ2n) is 7.92. The summed E-state index contributed by atoms with van der Waals surface area (Å²) >= 11 is 0. The van der Waals surface area contributed by atoms with Crippen LogP contribution in [-0.2, 0) is 16.0 Å². The molecule has 5 N–H and O–H groups in total. The van der Waals surface area contributed by atoms with Crippen molar-refractivity contribution in [1.29, 1.82) is 0 Å². The summed E-state index contributed by atoms with van der Waals surface area (Å²) in [5.74, 6) is -0.416. The van der Waals surface area contributed by atoms with Crippen molar-refractivity contribution in [1.82, 2.24) is 5.32 Å². The predicted octanol–water partition coefficient (Wildman–Crippen LogP) is 2.03. The zero-order valence-corrected chi connectivity index (χ0v) is 16.6. The van der Waals surface area contributed by atoms with Gasteiger partial charge in [-0.2, -0.15) is 0 Å². The van der Waals surface area contributed by atoms with Crippen LogP contribution in [0.1, 0.15) is 37.5 Å². The average molecular weight is 376 g/mol.